The zero-order chi connectivity index (χ0) is 14.4. The van der Waals surface area contributed by atoms with Crippen LogP contribution in [0.4, 0.5) is 5.69 Å². The molecule has 0 aliphatic heterocycles. The number of hydrogen-bond donors (Lipinski definition) is 1. The summed E-state index contributed by atoms with van der Waals surface area (Å²) in [6, 6.07) is 7.90. The average molecular weight is 274 g/mol. The molecule has 1 amide bonds. The first-order valence-corrected chi connectivity index (χ1v) is 6.19. The minimum atomic E-state index is -0.375. The van der Waals surface area contributed by atoms with Crippen LogP contribution in [0.25, 0.3) is 0 Å². The Kier molecular flexibility index (Phi) is 4.49. The van der Waals surface area contributed by atoms with Gasteiger partial charge in [0, 0.05) is 11.8 Å². The summed E-state index contributed by atoms with van der Waals surface area (Å²) in [5.41, 5.74) is 1.19. The van der Waals surface area contributed by atoms with Gasteiger partial charge in [-0.1, -0.05) is 12.1 Å². The lowest BCUT2D eigenvalue weighted by atomic mass is 10.2. The number of nitrogens with one attached hydrogen (secondary N) is 1. The molecule has 0 fully saturated rings. The lowest BCUT2D eigenvalue weighted by Crippen LogP contribution is -2.12. The molecule has 2 rings (SSSR count). The summed E-state index contributed by atoms with van der Waals surface area (Å²) in [5, 5.41) is 6.17. The maximum atomic E-state index is 11.7. The normalized spacial score (nSPS) is 10.1. The molecule has 0 aliphatic rings. The van der Waals surface area contributed by atoms with Crippen molar-refractivity contribution < 1.29 is 18.8 Å². The van der Waals surface area contributed by atoms with Crippen molar-refractivity contribution in [3.8, 4) is 0 Å². The molecule has 0 saturated carbocycles. The minimum Gasteiger partial charge on any atom is -0.462 e. The summed E-state index contributed by atoms with van der Waals surface area (Å²) in [5.74, 6) is -0.749. The van der Waals surface area contributed by atoms with Crippen LogP contribution in [0.2, 0.25) is 0 Å². The van der Waals surface area contributed by atoms with Crippen LogP contribution in [-0.4, -0.2) is 23.6 Å². The van der Waals surface area contributed by atoms with Gasteiger partial charge in [0.1, 0.15) is 6.26 Å². The molecule has 0 atom stereocenters. The van der Waals surface area contributed by atoms with Crippen molar-refractivity contribution in [2.75, 3.05) is 11.9 Å². The Hall–Kier alpha value is -2.63. The number of carbonyl (C=O) groups is 2. The number of amides is 1. The van der Waals surface area contributed by atoms with Crippen LogP contribution in [0.5, 0.6) is 0 Å². The van der Waals surface area contributed by atoms with Gasteiger partial charge >= 0.3 is 5.97 Å². The van der Waals surface area contributed by atoms with Gasteiger partial charge in [0.2, 0.25) is 0 Å². The minimum absolute atomic E-state index is 0.191. The molecule has 1 N–H and O–H groups in total. The number of nitrogens with zero attached hydrogens (tertiary/aromatic N) is 1. The van der Waals surface area contributed by atoms with Crippen molar-refractivity contribution >= 4 is 17.6 Å². The summed E-state index contributed by atoms with van der Waals surface area (Å²) in [4.78, 5) is 23.3. The van der Waals surface area contributed by atoms with Crippen LogP contribution in [-0.2, 0) is 4.74 Å². The molecule has 104 valence electrons. The van der Waals surface area contributed by atoms with E-state index >= 15 is 0 Å². The van der Waals surface area contributed by atoms with Crippen LogP contribution in [0.1, 0.15) is 34.2 Å². The molecule has 0 spiro atoms. The van der Waals surface area contributed by atoms with Gasteiger partial charge in [-0.2, -0.15) is 0 Å². The van der Waals surface area contributed by atoms with Gasteiger partial charge in [-0.3, -0.25) is 4.79 Å². The Morgan fingerprint density at radius 2 is 2.00 bits per heavy atom. The largest absolute Gasteiger partial charge is 0.462 e. The Balaban J connectivity index is 1.98. The third kappa shape index (κ3) is 3.44. The second kappa shape index (κ2) is 6.51. The Bertz CT molecular complexity index is 576. The maximum Gasteiger partial charge on any atom is 0.338 e. The van der Waals surface area contributed by atoms with Crippen molar-refractivity contribution in [3.63, 3.8) is 0 Å². The van der Waals surface area contributed by atoms with Crippen molar-refractivity contribution in [1.82, 2.24) is 5.16 Å². The summed E-state index contributed by atoms with van der Waals surface area (Å²) < 4.78 is 9.60. The molecule has 1 aromatic carbocycles. The van der Waals surface area contributed by atoms with E-state index in [1.54, 1.807) is 24.3 Å². The number of anilines is 1. The molecular formula is C14H14N2O4. The predicted octanol–water partition coefficient (Wildman–Crippen LogP) is 2.49. The van der Waals surface area contributed by atoms with Gasteiger partial charge in [-0.25, -0.2) is 4.79 Å². The molecular weight excluding hydrogens is 260 g/mol. The molecule has 1 aromatic heterocycles. The first-order valence-electron chi connectivity index (χ1n) is 6.19. The highest BCUT2D eigenvalue weighted by Gasteiger charge is 2.10. The van der Waals surface area contributed by atoms with Crippen molar-refractivity contribution in [2.24, 2.45) is 0 Å². The van der Waals surface area contributed by atoms with E-state index in [1.807, 2.05) is 6.92 Å². The molecule has 6 nitrogen and oxygen atoms in total. The fraction of sp³-hybridized carbons (Fsp3) is 0.214. The molecule has 0 bridgehead atoms. The van der Waals surface area contributed by atoms with E-state index in [0.29, 0.717) is 17.9 Å². The summed E-state index contributed by atoms with van der Waals surface area (Å²) >= 11 is 0. The third-order valence-electron chi connectivity index (χ3n) is 2.49. The van der Waals surface area contributed by atoms with Crippen molar-refractivity contribution in [1.29, 1.82) is 0 Å². The molecule has 6 heteroatoms. The van der Waals surface area contributed by atoms with Gasteiger partial charge in [0.05, 0.1) is 12.2 Å². The number of ether oxygens (including phenoxy) is 1. The number of rotatable bonds is 5. The highest BCUT2D eigenvalue weighted by Crippen LogP contribution is 2.12. The molecule has 0 saturated heterocycles. The molecule has 1 heterocycles. The van der Waals surface area contributed by atoms with E-state index in [1.165, 1.54) is 12.3 Å². The van der Waals surface area contributed by atoms with E-state index in [2.05, 4.69) is 15.0 Å². The molecule has 0 unspecified atom stereocenters. The Morgan fingerprint density at radius 3 is 2.60 bits per heavy atom. The number of hydrogen-bond acceptors (Lipinski definition) is 5. The van der Waals surface area contributed by atoms with Crippen molar-refractivity contribution in [2.45, 2.75) is 13.3 Å². The summed E-state index contributed by atoms with van der Waals surface area (Å²) in [6.07, 6.45) is 2.10. The van der Waals surface area contributed by atoms with Crippen LogP contribution < -0.4 is 5.32 Å². The molecule has 20 heavy (non-hydrogen) atoms. The smallest absolute Gasteiger partial charge is 0.338 e. The fourth-order valence-corrected chi connectivity index (χ4v) is 1.49. The SMILES string of the molecule is CCCOC(=O)c1ccc(NC(=O)c2ccon2)cc1. The van der Waals surface area contributed by atoms with E-state index < -0.39 is 0 Å². The standard InChI is InChI=1S/C14H14N2O4/c1-2-8-19-14(18)10-3-5-11(6-4-10)15-13(17)12-7-9-20-16-12/h3-7,9H,2,8H2,1H3,(H,15,17). The summed E-state index contributed by atoms with van der Waals surface area (Å²) in [6.45, 7) is 2.32. The number of benzene rings is 1. The van der Waals surface area contributed by atoms with E-state index in [0.717, 1.165) is 6.42 Å². The number of aromatic nitrogens is 1. The molecule has 0 aliphatic carbocycles. The van der Waals surface area contributed by atoms with Crippen LogP contribution in [0, 0.1) is 0 Å². The van der Waals surface area contributed by atoms with E-state index in [9.17, 15) is 9.59 Å². The van der Waals surface area contributed by atoms with Crippen LogP contribution in [0.3, 0.4) is 0 Å². The maximum absolute atomic E-state index is 11.7. The third-order valence-corrected chi connectivity index (χ3v) is 2.49. The second-order valence-corrected chi connectivity index (χ2v) is 4.05. The predicted molar refractivity (Wildman–Crippen MR) is 71.5 cm³/mol. The van der Waals surface area contributed by atoms with Gasteiger partial charge in [0.25, 0.3) is 5.91 Å². The van der Waals surface area contributed by atoms with Gasteiger partial charge < -0.3 is 14.6 Å². The van der Waals surface area contributed by atoms with E-state index in [-0.39, 0.29) is 17.6 Å². The van der Waals surface area contributed by atoms with Crippen molar-refractivity contribution in [3.05, 3.63) is 47.9 Å². The lowest BCUT2D eigenvalue weighted by Gasteiger charge is -2.05. The van der Waals surface area contributed by atoms with Crippen LogP contribution >= 0.6 is 0 Å². The van der Waals surface area contributed by atoms with Gasteiger partial charge in [-0.05, 0) is 30.7 Å². The number of carbonyl (C=O) groups excluding carboxylic acids is 2. The summed E-state index contributed by atoms with van der Waals surface area (Å²) in [7, 11) is 0. The Labute approximate surface area is 115 Å². The molecule has 0 radical (unpaired) electrons. The topological polar surface area (TPSA) is 81.4 Å². The first kappa shape index (κ1) is 13.8. The van der Waals surface area contributed by atoms with E-state index in [4.69, 9.17) is 4.74 Å². The number of esters is 1. The molecule has 2 aromatic rings. The first-order chi connectivity index (χ1) is 9.70. The average Bonchev–Trinajstić information content (AvgIpc) is 3.00. The zero-order valence-corrected chi connectivity index (χ0v) is 11.0. The van der Waals surface area contributed by atoms with Gasteiger partial charge in [0.15, 0.2) is 5.69 Å². The lowest BCUT2D eigenvalue weighted by molar-refractivity contribution is 0.0505. The second-order valence-electron chi connectivity index (χ2n) is 4.05. The fourth-order valence-electron chi connectivity index (χ4n) is 1.49. The van der Waals surface area contributed by atoms with Crippen LogP contribution in [0.15, 0.2) is 41.1 Å². The monoisotopic (exact) mass is 274 g/mol. The zero-order valence-electron chi connectivity index (χ0n) is 11.0. The highest BCUT2D eigenvalue weighted by atomic mass is 16.5. The highest BCUT2D eigenvalue weighted by molar-refractivity contribution is 6.02. The quantitative estimate of drug-likeness (QED) is 0.847. The van der Waals surface area contributed by atoms with Gasteiger partial charge in [-0.15, -0.1) is 0 Å². The Morgan fingerprint density at radius 1 is 1.25 bits per heavy atom.